The van der Waals surface area contributed by atoms with Crippen LogP contribution in [-0.4, -0.2) is 33.5 Å². The quantitative estimate of drug-likeness (QED) is 0.678. The molecule has 6 heteroatoms. The fourth-order valence-electron chi connectivity index (χ4n) is 4.52. The average Bonchev–Trinajstić information content (AvgIpc) is 3.10. The molecule has 5 nitrogen and oxygen atoms in total. The second-order valence-electron chi connectivity index (χ2n) is 8.12. The highest BCUT2D eigenvalue weighted by Gasteiger charge is 2.40. The Labute approximate surface area is 170 Å². The predicted molar refractivity (Wildman–Crippen MR) is 110 cm³/mol. The molecule has 3 aromatic rings. The summed E-state index contributed by atoms with van der Waals surface area (Å²) in [4.78, 5) is 2.27. The minimum Gasteiger partial charge on any atom is -0.487 e. The SMILES string of the molecule is Cn1c(Cc2ccccc2F)nnc1N1CCC2(CCc3ccccc3O2)CC1. The van der Waals surface area contributed by atoms with Crippen LogP contribution in [0, 0.1) is 5.82 Å². The van der Waals surface area contributed by atoms with Crippen LogP contribution in [0.4, 0.5) is 10.3 Å². The topological polar surface area (TPSA) is 43.2 Å². The van der Waals surface area contributed by atoms with Gasteiger partial charge in [0.1, 0.15) is 23.0 Å². The van der Waals surface area contributed by atoms with Gasteiger partial charge in [0.15, 0.2) is 0 Å². The van der Waals surface area contributed by atoms with E-state index < -0.39 is 0 Å². The van der Waals surface area contributed by atoms with E-state index in [4.69, 9.17) is 4.74 Å². The van der Waals surface area contributed by atoms with Crippen molar-refractivity contribution in [3.63, 3.8) is 0 Å². The lowest BCUT2D eigenvalue weighted by Gasteiger charge is -2.44. The Kier molecular flexibility index (Phi) is 4.49. The highest BCUT2D eigenvalue weighted by Crippen LogP contribution is 2.39. The molecule has 1 saturated heterocycles. The first-order valence-corrected chi connectivity index (χ1v) is 10.3. The van der Waals surface area contributed by atoms with Crippen LogP contribution in [0.1, 0.15) is 36.2 Å². The number of hydrogen-bond donors (Lipinski definition) is 0. The Balaban J connectivity index is 1.28. The summed E-state index contributed by atoms with van der Waals surface area (Å²) in [7, 11) is 1.96. The van der Waals surface area contributed by atoms with E-state index in [1.165, 1.54) is 11.6 Å². The second-order valence-corrected chi connectivity index (χ2v) is 8.12. The fourth-order valence-corrected chi connectivity index (χ4v) is 4.52. The fraction of sp³-hybridized carbons (Fsp3) is 0.391. The molecule has 150 valence electrons. The summed E-state index contributed by atoms with van der Waals surface area (Å²) >= 11 is 0. The van der Waals surface area contributed by atoms with E-state index in [0.717, 1.165) is 56.3 Å². The van der Waals surface area contributed by atoms with Gasteiger partial charge in [-0.25, -0.2) is 4.39 Å². The van der Waals surface area contributed by atoms with Gasteiger partial charge in [0.25, 0.3) is 0 Å². The van der Waals surface area contributed by atoms with E-state index in [1.807, 2.05) is 23.7 Å². The molecule has 1 spiro atoms. The lowest BCUT2D eigenvalue weighted by molar-refractivity contribution is 0.0222. The van der Waals surface area contributed by atoms with Crippen LogP contribution in [0.15, 0.2) is 48.5 Å². The molecule has 0 bridgehead atoms. The molecule has 0 unspecified atom stereocenters. The number of aromatic nitrogens is 3. The molecule has 0 N–H and O–H groups in total. The lowest BCUT2D eigenvalue weighted by Crippen LogP contribution is -2.50. The van der Waals surface area contributed by atoms with Crippen LogP contribution in [0.2, 0.25) is 0 Å². The Morgan fingerprint density at radius 1 is 1.00 bits per heavy atom. The van der Waals surface area contributed by atoms with Crippen molar-refractivity contribution < 1.29 is 9.13 Å². The van der Waals surface area contributed by atoms with Gasteiger partial charge in [-0.05, 0) is 36.1 Å². The van der Waals surface area contributed by atoms with Gasteiger partial charge >= 0.3 is 0 Å². The molecular weight excluding hydrogens is 367 g/mol. The maximum atomic E-state index is 14.0. The van der Waals surface area contributed by atoms with Gasteiger partial charge in [0, 0.05) is 39.4 Å². The van der Waals surface area contributed by atoms with Crippen LogP contribution in [0.5, 0.6) is 5.75 Å². The van der Waals surface area contributed by atoms with E-state index in [9.17, 15) is 4.39 Å². The van der Waals surface area contributed by atoms with Crippen LogP contribution in [0.25, 0.3) is 0 Å². The Morgan fingerprint density at radius 2 is 1.76 bits per heavy atom. The summed E-state index contributed by atoms with van der Waals surface area (Å²) in [5, 5.41) is 8.74. The van der Waals surface area contributed by atoms with E-state index in [2.05, 4.69) is 33.3 Å². The first kappa shape index (κ1) is 18.2. The molecule has 2 aliphatic rings. The smallest absolute Gasteiger partial charge is 0.226 e. The minimum absolute atomic E-state index is 0.0700. The van der Waals surface area contributed by atoms with Crippen molar-refractivity contribution in [3.8, 4) is 5.75 Å². The number of halogens is 1. The summed E-state index contributed by atoms with van der Waals surface area (Å²) in [6, 6.07) is 15.2. The molecule has 1 aromatic heterocycles. The monoisotopic (exact) mass is 392 g/mol. The van der Waals surface area contributed by atoms with Crippen molar-refractivity contribution in [3.05, 3.63) is 71.3 Å². The number of piperidine rings is 1. The molecule has 2 aliphatic heterocycles. The number of anilines is 1. The third-order valence-electron chi connectivity index (χ3n) is 6.35. The number of para-hydroxylation sites is 1. The molecule has 0 amide bonds. The van der Waals surface area contributed by atoms with Gasteiger partial charge in [0.05, 0.1) is 0 Å². The van der Waals surface area contributed by atoms with Gasteiger partial charge in [-0.2, -0.15) is 0 Å². The zero-order chi connectivity index (χ0) is 19.8. The largest absolute Gasteiger partial charge is 0.487 e. The van der Waals surface area contributed by atoms with E-state index >= 15 is 0 Å². The van der Waals surface area contributed by atoms with Crippen molar-refractivity contribution >= 4 is 5.95 Å². The minimum atomic E-state index is -0.202. The Bertz CT molecular complexity index is 1020. The molecule has 0 radical (unpaired) electrons. The van der Waals surface area contributed by atoms with Gasteiger partial charge in [0.2, 0.25) is 5.95 Å². The van der Waals surface area contributed by atoms with Gasteiger partial charge in [-0.15, -0.1) is 10.2 Å². The maximum Gasteiger partial charge on any atom is 0.226 e. The molecule has 0 atom stereocenters. The standard InChI is InChI=1S/C23H25FN4O/c1-27-21(16-18-7-2-4-8-19(18)24)25-26-22(27)28-14-12-23(13-15-28)11-10-17-6-3-5-9-20(17)29-23/h2-9H,10-16H2,1H3. The summed E-state index contributed by atoms with van der Waals surface area (Å²) in [5.41, 5.74) is 1.88. The van der Waals surface area contributed by atoms with Crippen molar-refractivity contribution in [2.75, 3.05) is 18.0 Å². The lowest BCUT2D eigenvalue weighted by atomic mass is 9.83. The van der Waals surface area contributed by atoms with Gasteiger partial charge in [-0.3, -0.25) is 0 Å². The average molecular weight is 392 g/mol. The number of benzene rings is 2. The number of rotatable bonds is 3. The molecule has 29 heavy (non-hydrogen) atoms. The van der Waals surface area contributed by atoms with Gasteiger partial charge in [-0.1, -0.05) is 36.4 Å². The summed E-state index contributed by atoms with van der Waals surface area (Å²) in [6.07, 6.45) is 4.52. The van der Waals surface area contributed by atoms with Crippen molar-refractivity contribution in [1.29, 1.82) is 0 Å². The van der Waals surface area contributed by atoms with Crippen LogP contribution >= 0.6 is 0 Å². The summed E-state index contributed by atoms with van der Waals surface area (Å²) in [6.45, 7) is 1.77. The summed E-state index contributed by atoms with van der Waals surface area (Å²) in [5.74, 6) is 2.46. The number of ether oxygens (including phenoxy) is 1. The third kappa shape index (κ3) is 3.37. The van der Waals surface area contributed by atoms with E-state index in [1.54, 1.807) is 12.1 Å². The number of fused-ring (bicyclic) bond motifs is 1. The van der Waals surface area contributed by atoms with Crippen molar-refractivity contribution in [2.45, 2.75) is 37.7 Å². The first-order valence-electron chi connectivity index (χ1n) is 10.3. The second kappa shape index (κ2) is 7.17. The van der Waals surface area contributed by atoms with Crippen LogP contribution in [-0.2, 0) is 19.9 Å². The molecule has 0 saturated carbocycles. The van der Waals surface area contributed by atoms with E-state index in [0.29, 0.717) is 12.0 Å². The first-order chi connectivity index (χ1) is 14.1. The molecule has 3 heterocycles. The number of aryl methyl sites for hydroxylation is 1. The normalized spacial score (nSPS) is 17.8. The maximum absolute atomic E-state index is 14.0. The molecule has 1 fully saturated rings. The Hall–Kier alpha value is -2.89. The molecular formula is C23H25FN4O. The van der Waals surface area contributed by atoms with Crippen molar-refractivity contribution in [2.24, 2.45) is 7.05 Å². The zero-order valence-corrected chi connectivity index (χ0v) is 16.6. The predicted octanol–water partition coefficient (Wildman–Crippen LogP) is 3.91. The molecule has 2 aromatic carbocycles. The van der Waals surface area contributed by atoms with Crippen molar-refractivity contribution in [1.82, 2.24) is 14.8 Å². The highest BCUT2D eigenvalue weighted by atomic mass is 19.1. The number of nitrogens with zero attached hydrogens (tertiary/aromatic N) is 4. The van der Waals surface area contributed by atoms with Crippen LogP contribution in [0.3, 0.4) is 0 Å². The van der Waals surface area contributed by atoms with Crippen LogP contribution < -0.4 is 9.64 Å². The highest BCUT2D eigenvalue weighted by molar-refractivity contribution is 5.38. The number of hydrogen-bond acceptors (Lipinski definition) is 4. The van der Waals surface area contributed by atoms with Gasteiger partial charge < -0.3 is 14.2 Å². The Morgan fingerprint density at radius 3 is 2.59 bits per heavy atom. The third-order valence-corrected chi connectivity index (χ3v) is 6.35. The zero-order valence-electron chi connectivity index (χ0n) is 16.6. The summed E-state index contributed by atoms with van der Waals surface area (Å²) < 4.78 is 22.4. The van der Waals surface area contributed by atoms with E-state index in [-0.39, 0.29) is 11.4 Å². The molecule has 5 rings (SSSR count). The molecule has 0 aliphatic carbocycles.